The molecule has 0 saturated carbocycles. The highest BCUT2D eigenvalue weighted by molar-refractivity contribution is 5.18. The van der Waals surface area contributed by atoms with Gasteiger partial charge in [0.05, 0.1) is 18.8 Å². The third-order valence-electron chi connectivity index (χ3n) is 4.32. The first-order valence-corrected chi connectivity index (χ1v) is 7.78. The van der Waals surface area contributed by atoms with E-state index in [0.717, 1.165) is 37.1 Å². The van der Waals surface area contributed by atoms with Crippen molar-refractivity contribution in [1.82, 2.24) is 14.7 Å². The summed E-state index contributed by atoms with van der Waals surface area (Å²) in [5.74, 6) is -0.274. The van der Waals surface area contributed by atoms with Gasteiger partial charge in [0.1, 0.15) is 5.82 Å². The van der Waals surface area contributed by atoms with Crippen LogP contribution in [0, 0.1) is 12.7 Å². The van der Waals surface area contributed by atoms with E-state index in [4.69, 9.17) is 0 Å². The van der Waals surface area contributed by atoms with E-state index in [1.54, 1.807) is 12.1 Å². The lowest BCUT2D eigenvalue weighted by Gasteiger charge is -2.27. The highest BCUT2D eigenvalue weighted by Gasteiger charge is 2.27. The molecule has 1 saturated heterocycles. The van der Waals surface area contributed by atoms with Gasteiger partial charge in [-0.2, -0.15) is 5.10 Å². The minimum absolute atomic E-state index is 0.274. The summed E-state index contributed by atoms with van der Waals surface area (Å²) < 4.78 is 14.9. The van der Waals surface area contributed by atoms with Crippen molar-refractivity contribution < 1.29 is 9.50 Å². The molecule has 0 unspecified atom stereocenters. The van der Waals surface area contributed by atoms with Crippen LogP contribution in [0.4, 0.5) is 4.39 Å². The van der Waals surface area contributed by atoms with Gasteiger partial charge in [0.25, 0.3) is 0 Å². The summed E-state index contributed by atoms with van der Waals surface area (Å²) in [6.45, 7) is 4.46. The third-order valence-corrected chi connectivity index (χ3v) is 4.32. The number of aryl methyl sites for hydroxylation is 1. The molecule has 3 rings (SSSR count). The molecule has 22 heavy (non-hydrogen) atoms. The fraction of sp³-hybridized carbons (Fsp3) is 0.471. The van der Waals surface area contributed by atoms with Gasteiger partial charge in [-0.15, -0.1) is 0 Å². The predicted molar refractivity (Wildman–Crippen MR) is 82.9 cm³/mol. The smallest absolute Gasteiger partial charge is 0.123 e. The second-order valence-corrected chi connectivity index (χ2v) is 6.10. The number of hydrogen-bond acceptors (Lipinski definition) is 3. The Balaban J connectivity index is 1.61. The molecule has 2 atom stereocenters. The quantitative estimate of drug-likeness (QED) is 0.923. The number of nitrogens with zero attached hydrogens (tertiary/aromatic N) is 3. The van der Waals surface area contributed by atoms with E-state index < -0.39 is 6.10 Å². The second kappa shape index (κ2) is 6.58. The lowest BCUT2D eigenvalue weighted by Crippen LogP contribution is -2.36. The summed E-state index contributed by atoms with van der Waals surface area (Å²) in [6, 6.07) is 6.50. The molecule has 0 amide bonds. The van der Waals surface area contributed by atoms with E-state index in [9.17, 15) is 9.50 Å². The van der Waals surface area contributed by atoms with Crippen LogP contribution in [0.2, 0.25) is 0 Å². The van der Waals surface area contributed by atoms with Crippen LogP contribution in [-0.2, 0) is 6.54 Å². The summed E-state index contributed by atoms with van der Waals surface area (Å²) in [5.41, 5.74) is 1.93. The Hall–Kier alpha value is -1.72. The molecule has 5 heteroatoms. The highest BCUT2D eigenvalue weighted by atomic mass is 19.1. The first kappa shape index (κ1) is 15.2. The maximum Gasteiger partial charge on any atom is 0.123 e. The predicted octanol–water partition coefficient (Wildman–Crippen LogP) is 2.53. The highest BCUT2D eigenvalue weighted by Crippen LogP contribution is 2.23. The van der Waals surface area contributed by atoms with Crippen LogP contribution in [0.1, 0.15) is 30.1 Å². The molecule has 0 aliphatic carbocycles. The van der Waals surface area contributed by atoms with Crippen LogP contribution in [0.5, 0.6) is 0 Å². The van der Waals surface area contributed by atoms with Crippen LogP contribution in [-0.4, -0.2) is 38.9 Å². The minimum Gasteiger partial charge on any atom is -0.387 e. The second-order valence-electron chi connectivity index (χ2n) is 6.10. The van der Waals surface area contributed by atoms with E-state index in [1.807, 2.05) is 24.0 Å². The lowest BCUT2D eigenvalue weighted by molar-refractivity contribution is 0.100. The van der Waals surface area contributed by atoms with E-state index in [0.29, 0.717) is 12.6 Å². The van der Waals surface area contributed by atoms with Crippen molar-refractivity contribution in [2.75, 3.05) is 13.1 Å². The van der Waals surface area contributed by atoms with Gasteiger partial charge < -0.3 is 5.11 Å². The number of hydrogen-bond donors (Lipinski definition) is 1. The first-order valence-electron chi connectivity index (χ1n) is 7.78. The Morgan fingerprint density at radius 1 is 1.36 bits per heavy atom. The molecule has 1 N–H and O–H groups in total. The minimum atomic E-state index is -0.583. The van der Waals surface area contributed by atoms with E-state index in [-0.39, 0.29) is 5.82 Å². The number of likely N-dealkylation sites (tertiary alicyclic amines) is 1. The summed E-state index contributed by atoms with van der Waals surface area (Å²) in [4.78, 5) is 2.31. The largest absolute Gasteiger partial charge is 0.387 e. The van der Waals surface area contributed by atoms with Crippen molar-refractivity contribution in [3.8, 4) is 0 Å². The standard InChI is InChI=1S/C17H22FN3O/c1-13-9-19-21(10-13)11-16-3-2-8-20(16)12-17(22)14-4-6-15(18)7-5-14/h4-7,9-10,16-17,22H,2-3,8,11-12H2,1H3/t16-,17+/m0/s1. The fourth-order valence-electron chi connectivity index (χ4n) is 3.14. The van der Waals surface area contributed by atoms with Crippen molar-refractivity contribution in [2.24, 2.45) is 0 Å². The Kier molecular flexibility index (Phi) is 4.55. The Bertz CT molecular complexity index is 611. The number of rotatable bonds is 5. The fourth-order valence-corrected chi connectivity index (χ4v) is 3.14. The molecular formula is C17H22FN3O. The topological polar surface area (TPSA) is 41.3 Å². The molecule has 1 aliphatic heterocycles. The number of aromatic nitrogens is 2. The van der Waals surface area contributed by atoms with Crippen molar-refractivity contribution in [3.05, 3.63) is 53.6 Å². The van der Waals surface area contributed by atoms with Crippen LogP contribution in [0.25, 0.3) is 0 Å². The zero-order chi connectivity index (χ0) is 15.5. The molecule has 4 nitrogen and oxygen atoms in total. The van der Waals surface area contributed by atoms with Crippen LogP contribution >= 0.6 is 0 Å². The van der Waals surface area contributed by atoms with Crippen molar-refractivity contribution in [2.45, 2.75) is 38.5 Å². The molecule has 1 aromatic carbocycles. The SMILES string of the molecule is Cc1cnn(C[C@@H]2CCCN2C[C@@H](O)c2ccc(F)cc2)c1. The van der Waals surface area contributed by atoms with Gasteiger partial charge in [-0.1, -0.05) is 12.1 Å². The van der Waals surface area contributed by atoms with Crippen LogP contribution in [0.15, 0.2) is 36.7 Å². The van der Waals surface area contributed by atoms with Crippen LogP contribution in [0.3, 0.4) is 0 Å². The van der Waals surface area contributed by atoms with Gasteiger partial charge in [-0.3, -0.25) is 9.58 Å². The molecule has 1 aliphatic rings. The molecule has 0 radical (unpaired) electrons. The number of halogens is 1. The maximum atomic E-state index is 13.0. The van der Waals surface area contributed by atoms with Gasteiger partial charge in [-0.05, 0) is 49.6 Å². The number of benzene rings is 1. The summed E-state index contributed by atoms with van der Waals surface area (Å²) in [6.07, 6.45) is 5.59. The van der Waals surface area contributed by atoms with Crippen LogP contribution < -0.4 is 0 Å². The van der Waals surface area contributed by atoms with Gasteiger partial charge in [0.2, 0.25) is 0 Å². The van der Waals surface area contributed by atoms with Crippen molar-refractivity contribution in [3.63, 3.8) is 0 Å². The monoisotopic (exact) mass is 303 g/mol. The Labute approximate surface area is 130 Å². The molecule has 2 aromatic rings. The summed E-state index contributed by atoms with van der Waals surface area (Å²) in [7, 11) is 0. The van der Waals surface area contributed by atoms with Crippen molar-refractivity contribution >= 4 is 0 Å². The lowest BCUT2D eigenvalue weighted by atomic mass is 10.1. The Morgan fingerprint density at radius 2 is 2.14 bits per heavy atom. The zero-order valence-corrected chi connectivity index (χ0v) is 12.8. The third kappa shape index (κ3) is 3.54. The Morgan fingerprint density at radius 3 is 2.82 bits per heavy atom. The van der Waals surface area contributed by atoms with E-state index in [1.165, 1.54) is 12.1 Å². The molecule has 1 aromatic heterocycles. The summed E-state index contributed by atoms with van der Waals surface area (Å²) in [5, 5.41) is 14.7. The number of aliphatic hydroxyl groups is 1. The first-order chi connectivity index (χ1) is 10.6. The average Bonchev–Trinajstić information content (AvgIpc) is 3.10. The van der Waals surface area contributed by atoms with Gasteiger partial charge >= 0.3 is 0 Å². The summed E-state index contributed by atoms with van der Waals surface area (Å²) >= 11 is 0. The maximum absolute atomic E-state index is 13.0. The molecular weight excluding hydrogens is 281 g/mol. The van der Waals surface area contributed by atoms with Gasteiger partial charge in [0, 0.05) is 18.8 Å². The normalized spacial score (nSPS) is 20.4. The van der Waals surface area contributed by atoms with Gasteiger partial charge in [0.15, 0.2) is 0 Å². The van der Waals surface area contributed by atoms with Crippen molar-refractivity contribution in [1.29, 1.82) is 0 Å². The molecule has 0 bridgehead atoms. The average molecular weight is 303 g/mol. The number of β-amino-alcohol motifs (C(OH)–C–C–N with tert-alkyl or cyclic N) is 1. The molecule has 2 heterocycles. The van der Waals surface area contributed by atoms with Gasteiger partial charge in [-0.25, -0.2) is 4.39 Å². The molecule has 0 spiro atoms. The number of aliphatic hydroxyl groups excluding tert-OH is 1. The van der Waals surface area contributed by atoms with E-state index in [2.05, 4.69) is 10.00 Å². The van der Waals surface area contributed by atoms with E-state index >= 15 is 0 Å². The molecule has 1 fully saturated rings. The zero-order valence-electron chi connectivity index (χ0n) is 12.8. The molecule has 118 valence electrons.